The zero-order chi connectivity index (χ0) is 10.6. The van der Waals surface area contributed by atoms with Gasteiger partial charge in [0.05, 0.1) is 6.10 Å². The van der Waals surface area contributed by atoms with E-state index >= 15 is 0 Å². The van der Waals surface area contributed by atoms with E-state index in [1.165, 1.54) is 5.57 Å². The van der Waals surface area contributed by atoms with Gasteiger partial charge in [-0.05, 0) is 38.2 Å². The van der Waals surface area contributed by atoms with Gasteiger partial charge in [-0.1, -0.05) is 19.4 Å². The van der Waals surface area contributed by atoms with Gasteiger partial charge in [0.15, 0.2) is 5.79 Å². The van der Waals surface area contributed by atoms with E-state index in [1.54, 1.807) is 0 Å². The highest BCUT2D eigenvalue weighted by atomic mass is 16.6. The highest BCUT2D eigenvalue weighted by Crippen LogP contribution is 2.53. The molecule has 14 heavy (non-hydrogen) atoms. The van der Waals surface area contributed by atoms with Crippen LogP contribution in [0, 0.1) is 11.3 Å². The molecule has 0 aromatic carbocycles. The molecule has 3 atom stereocenters. The monoisotopic (exact) mass is 196 g/mol. The maximum atomic E-state index is 10.4. The average molecular weight is 196 g/mol. The van der Waals surface area contributed by atoms with Gasteiger partial charge in [0.25, 0.3) is 0 Å². The number of ether oxygens (including phenoxy) is 1. The van der Waals surface area contributed by atoms with Crippen molar-refractivity contribution in [1.29, 1.82) is 0 Å². The van der Waals surface area contributed by atoms with Crippen LogP contribution in [-0.4, -0.2) is 17.0 Å². The van der Waals surface area contributed by atoms with E-state index in [2.05, 4.69) is 20.8 Å². The minimum Gasteiger partial charge on any atom is -0.362 e. The van der Waals surface area contributed by atoms with Crippen LogP contribution in [0.4, 0.5) is 0 Å². The summed E-state index contributed by atoms with van der Waals surface area (Å²) >= 11 is 0. The molecule has 1 N–H and O–H groups in total. The summed E-state index contributed by atoms with van der Waals surface area (Å²) in [4.78, 5) is 0. The lowest BCUT2D eigenvalue weighted by Crippen LogP contribution is -2.47. The third-order valence-corrected chi connectivity index (χ3v) is 4.06. The molecule has 0 aromatic rings. The Labute approximate surface area is 86.0 Å². The highest BCUT2D eigenvalue weighted by molar-refractivity contribution is 5.26. The number of hydrogen-bond donors (Lipinski definition) is 1. The van der Waals surface area contributed by atoms with E-state index < -0.39 is 5.79 Å². The van der Waals surface area contributed by atoms with E-state index in [4.69, 9.17) is 4.74 Å². The van der Waals surface area contributed by atoms with Gasteiger partial charge in [0.1, 0.15) is 0 Å². The molecule has 2 heteroatoms. The quantitative estimate of drug-likeness (QED) is 0.603. The second kappa shape index (κ2) is 2.83. The Balaban J connectivity index is 2.34. The number of fused-ring (bicyclic) bond motifs is 1. The third kappa shape index (κ3) is 1.24. The lowest BCUT2D eigenvalue weighted by Gasteiger charge is -2.43. The summed E-state index contributed by atoms with van der Waals surface area (Å²) in [7, 11) is 0. The van der Waals surface area contributed by atoms with Gasteiger partial charge in [-0.15, -0.1) is 0 Å². The van der Waals surface area contributed by atoms with Gasteiger partial charge in [-0.25, -0.2) is 0 Å². The molecule has 0 amide bonds. The van der Waals surface area contributed by atoms with Crippen LogP contribution >= 0.6 is 0 Å². The van der Waals surface area contributed by atoms with E-state index in [9.17, 15) is 5.11 Å². The molecule has 80 valence electrons. The fourth-order valence-electron chi connectivity index (χ4n) is 2.86. The molecule has 0 spiro atoms. The normalized spacial score (nSPS) is 45.9. The zero-order valence-electron chi connectivity index (χ0n) is 9.50. The number of allylic oxidation sites excluding steroid dienone is 1. The van der Waals surface area contributed by atoms with Crippen molar-refractivity contribution >= 4 is 0 Å². The molecule has 1 saturated heterocycles. The number of aliphatic hydroxyl groups is 1. The summed E-state index contributed by atoms with van der Waals surface area (Å²) in [6, 6.07) is 0. The molecule has 1 aliphatic heterocycles. The lowest BCUT2D eigenvalue weighted by molar-refractivity contribution is -0.255. The summed E-state index contributed by atoms with van der Waals surface area (Å²) in [5.74, 6) is -0.767. The molecule has 2 aliphatic rings. The van der Waals surface area contributed by atoms with Crippen LogP contribution in [0.2, 0.25) is 0 Å². The van der Waals surface area contributed by atoms with Crippen molar-refractivity contribution < 1.29 is 9.84 Å². The van der Waals surface area contributed by atoms with Crippen molar-refractivity contribution in [3.05, 3.63) is 11.6 Å². The third-order valence-electron chi connectivity index (χ3n) is 4.06. The van der Waals surface area contributed by atoms with Gasteiger partial charge < -0.3 is 9.84 Å². The molecular formula is C12H20O2. The molecule has 0 radical (unpaired) electrons. The molecule has 0 saturated carbocycles. The molecule has 0 aromatic heterocycles. The molecule has 2 rings (SSSR count). The SMILES string of the molecule is CC1=CC2(O)OC(C)CCC2C1(C)C. The smallest absolute Gasteiger partial charge is 0.189 e. The molecule has 1 fully saturated rings. The van der Waals surface area contributed by atoms with Crippen LogP contribution < -0.4 is 0 Å². The molecule has 0 bridgehead atoms. The summed E-state index contributed by atoms with van der Waals surface area (Å²) in [5.41, 5.74) is 1.33. The van der Waals surface area contributed by atoms with Gasteiger partial charge in [-0.3, -0.25) is 0 Å². The topological polar surface area (TPSA) is 29.5 Å². The van der Waals surface area contributed by atoms with Crippen molar-refractivity contribution in [2.24, 2.45) is 11.3 Å². The zero-order valence-corrected chi connectivity index (χ0v) is 9.50. The maximum Gasteiger partial charge on any atom is 0.189 e. The van der Waals surface area contributed by atoms with Crippen molar-refractivity contribution in [2.75, 3.05) is 0 Å². The minimum atomic E-state index is -0.995. The number of hydrogen-bond acceptors (Lipinski definition) is 2. The predicted molar refractivity (Wildman–Crippen MR) is 55.8 cm³/mol. The van der Waals surface area contributed by atoms with Crippen LogP contribution in [0.15, 0.2) is 11.6 Å². The first kappa shape index (κ1) is 10.2. The first-order valence-electron chi connectivity index (χ1n) is 5.46. The van der Waals surface area contributed by atoms with E-state index in [0.29, 0.717) is 0 Å². The Bertz CT molecular complexity index is 280. The van der Waals surface area contributed by atoms with Crippen LogP contribution in [0.5, 0.6) is 0 Å². The van der Waals surface area contributed by atoms with Crippen molar-refractivity contribution in [3.63, 3.8) is 0 Å². The summed E-state index contributed by atoms with van der Waals surface area (Å²) in [6.45, 7) is 8.51. The Morgan fingerprint density at radius 3 is 2.71 bits per heavy atom. The molecular weight excluding hydrogens is 176 g/mol. The second-order valence-corrected chi connectivity index (χ2v) is 5.36. The Morgan fingerprint density at radius 1 is 1.43 bits per heavy atom. The fourth-order valence-corrected chi connectivity index (χ4v) is 2.86. The summed E-state index contributed by atoms with van der Waals surface area (Å²) in [6.07, 6.45) is 4.19. The van der Waals surface area contributed by atoms with E-state index in [1.807, 2.05) is 13.0 Å². The first-order valence-corrected chi connectivity index (χ1v) is 5.46. The van der Waals surface area contributed by atoms with Crippen LogP contribution in [0.3, 0.4) is 0 Å². The predicted octanol–water partition coefficient (Wildman–Crippen LogP) is 2.48. The van der Waals surface area contributed by atoms with Crippen LogP contribution in [-0.2, 0) is 4.74 Å². The molecule has 1 heterocycles. The van der Waals surface area contributed by atoms with Gasteiger partial charge in [0, 0.05) is 5.92 Å². The average Bonchev–Trinajstić information content (AvgIpc) is 2.17. The van der Waals surface area contributed by atoms with Crippen molar-refractivity contribution in [2.45, 2.75) is 52.4 Å². The van der Waals surface area contributed by atoms with Gasteiger partial charge in [-0.2, -0.15) is 0 Å². The van der Waals surface area contributed by atoms with E-state index in [-0.39, 0.29) is 17.4 Å². The molecule has 3 unspecified atom stereocenters. The summed E-state index contributed by atoms with van der Waals surface area (Å²) in [5, 5.41) is 10.4. The van der Waals surface area contributed by atoms with Gasteiger partial charge in [0.2, 0.25) is 0 Å². The van der Waals surface area contributed by atoms with Crippen LogP contribution in [0.1, 0.15) is 40.5 Å². The van der Waals surface area contributed by atoms with Crippen molar-refractivity contribution in [3.8, 4) is 0 Å². The van der Waals surface area contributed by atoms with E-state index in [0.717, 1.165) is 12.8 Å². The Kier molecular flexibility index (Phi) is 2.06. The Morgan fingerprint density at radius 2 is 2.07 bits per heavy atom. The Hall–Kier alpha value is -0.340. The fraction of sp³-hybridized carbons (Fsp3) is 0.833. The van der Waals surface area contributed by atoms with Crippen LogP contribution in [0.25, 0.3) is 0 Å². The first-order chi connectivity index (χ1) is 6.36. The summed E-state index contributed by atoms with van der Waals surface area (Å²) < 4.78 is 5.68. The second-order valence-electron chi connectivity index (χ2n) is 5.36. The van der Waals surface area contributed by atoms with Gasteiger partial charge >= 0.3 is 0 Å². The standard InChI is InChI=1S/C12H20O2/c1-8-7-12(13)10(11(8,3)4)6-5-9(2)14-12/h7,9-10,13H,5-6H2,1-4H3. The largest absolute Gasteiger partial charge is 0.362 e. The molecule has 1 aliphatic carbocycles. The molecule has 2 nitrogen and oxygen atoms in total. The van der Waals surface area contributed by atoms with Crippen molar-refractivity contribution in [1.82, 2.24) is 0 Å². The minimum absolute atomic E-state index is 0.0783. The maximum absolute atomic E-state index is 10.4. The number of rotatable bonds is 0. The highest BCUT2D eigenvalue weighted by Gasteiger charge is 2.53. The lowest BCUT2D eigenvalue weighted by atomic mass is 9.72.